The lowest BCUT2D eigenvalue weighted by atomic mass is 10.0. The van der Waals surface area contributed by atoms with E-state index >= 15 is 8.78 Å². The third-order valence-electron chi connectivity index (χ3n) is 6.11. The smallest absolute Gasteiger partial charge is 0.409 e. The maximum Gasteiger partial charge on any atom is 0.409 e. The number of ether oxygens (including phenoxy) is 2. The fourth-order valence-electron chi connectivity index (χ4n) is 4.43. The van der Waals surface area contributed by atoms with E-state index in [2.05, 4.69) is 9.97 Å². The minimum atomic E-state index is -0.729. The van der Waals surface area contributed by atoms with Crippen molar-refractivity contribution < 1.29 is 23.0 Å². The molecule has 3 aromatic heterocycles. The van der Waals surface area contributed by atoms with Crippen LogP contribution in [0.4, 0.5) is 13.6 Å². The number of hydrogen-bond acceptors (Lipinski definition) is 5. The SMILES string of the molecule is COC(=O)N1CCO[C@@H](Cc2c(-c3c(F)cc(-c4ccccn4)cc3F)nc3cc(C)ccn23)C1. The minimum absolute atomic E-state index is 0.206. The van der Waals surface area contributed by atoms with Gasteiger partial charge in [-0.2, -0.15) is 0 Å². The monoisotopic (exact) mass is 478 g/mol. The largest absolute Gasteiger partial charge is 0.453 e. The molecule has 5 rings (SSSR count). The van der Waals surface area contributed by atoms with Gasteiger partial charge in [0.1, 0.15) is 17.3 Å². The third kappa shape index (κ3) is 4.46. The van der Waals surface area contributed by atoms with Crippen LogP contribution in [0, 0.1) is 18.6 Å². The quantitative estimate of drug-likeness (QED) is 0.427. The molecule has 35 heavy (non-hydrogen) atoms. The Morgan fingerprint density at radius 2 is 2.00 bits per heavy atom. The highest BCUT2D eigenvalue weighted by Crippen LogP contribution is 2.34. The van der Waals surface area contributed by atoms with E-state index in [0.29, 0.717) is 48.7 Å². The van der Waals surface area contributed by atoms with E-state index in [-0.39, 0.29) is 17.4 Å². The Morgan fingerprint density at radius 1 is 1.20 bits per heavy atom. The first-order chi connectivity index (χ1) is 16.9. The Kier molecular flexibility index (Phi) is 6.17. The number of pyridine rings is 2. The molecule has 1 atom stereocenters. The summed E-state index contributed by atoms with van der Waals surface area (Å²) in [5.74, 6) is -1.46. The number of benzene rings is 1. The van der Waals surface area contributed by atoms with Gasteiger partial charge >= 0.3 is 6.09 Å². The molecule has 1 aliphatic heterocycles. The standard InChI is InChI=1S/C26H24F2N4O3/c1-16-6-8-32-22(14-18-15-31(9-10-35-18)26(33)34-2)25(30-23(32)11-16)24-19(27)12-17(13-20(24)28)21-5-3-4-7-29-21/h3-8,11-13,18H,9-10,14-15H2,1-2H3/t18-/m0/s1. The van der Waals surface area contributed by atoms with Gasteiger partial charge in [-0.3, -0.25) is 4.98 Å². The first kappa shape index (κ1) is 22.9. The average Bonchev–Trinajstić information content (AvgIpc) is 3.20. The van der Waals surface area contributed by atoms with Crippen LogP contribution in [-0.2, 0) is 15.9 Å². The first-order valence-electron chi connectivity index (χ1n) is 11.3. The van der Waals surface area contributed by atoms with Gasteiger partial charge < -0.3 is 18.8 Å². The summed E-state index contributed by atoms with van der Waals surface area (Å²) in [6, 6.07) is 11.5. The number of carbonyl (C=O) groups is 1. The second-order valence-electron chi connectivity index (χ2n) is 8.48. The zero-order valence-electron chi connectivity index (χ0n) is 19.4. The second kappa shape index (κ2) is 9.42. The number of nitrogens with zero attached hydrogens (tertiary/aromatic N) is 4. The summed E-state index contributed by atoms with van der Waals surface area (Å²) >= 11 is 0. The molecule has 4 aromatic rings. The van der Waals surface area contributed by atoms with Crippen LogP contribution in [-0.4, -0.2) is 58.3 Å². The predicted octanol–water partition coefficient (Wildman–Crippen LogP) is 4.66. The molecule has 9 heteroatoms. The van der Waals surface area contributed by atoms with Gasteiger partial charge in [-0.05, 0) is 48.9 Å². The van der Waals surface area contributed by atoms with Crippen LogP contribution < -0.4 is 0 Å². The number of hydrogen-bond donors (Lipinski definition) is 0. The van der Waals surface area contributed by atoms with Crippen molar-refractivity contribution in [3.05, 3.63) is 77.8 Å². The molecule has 0 bridgehead atoms. The van der Waals surface area contributed by atoms with E-state index in [0.717, 1.165) is 5.56 Å². The fraction of sp³-hybridized carbons (Fsp3) is 0.269. The Morgan fingerprint density at radius 3 is 2.71 bits per heavy atom. The van der Waals surface area contributed by atoms with Crippen LogP contribution in [0.2, 0.25) is 0 Å². The highest BCUT2D eigenvalue weighted by Gasteiger charge is 2.29. The van der Waals surface area contributed by atoms with Gasteiger partial charge in [0.2, 0.25) is 0 Å². The van der Waals surface area contributed by atoms with Gasteiger partial charge in [0, 0.05) is 30.9 Å². The molecule has 0 spiro atoms. The number of methoxy groups -OCH3 is 1. The molecule has 1 fully saturated rings. The number of halogens is 2. The molecule has 0 N–H and O–H groups in total. The molecular weight excluding hydrogens is 454 g/mol. The first-order valence-corrected chi connectivity index (χ1v) is 11.3. The maximum atomic E-state index is 15.4. The molecule has 4 heterocycles. The Bertz CT molecular complexity index is 1370. The number of carbonyl (C=O) groups excluding carboxylic acids is 1. The van der Waals surface area contributed by atoms with Gasteiger partial charge in [0.05, 0.1) is 49.0 Å². The van der Waals surface area contributed by atoms with E-state index < -0.39 is 17.7 Å². The number of amides is 1. The lowest BCUT2D eigenvalue weighted by molar-refractivity contribution is -0.0241. The van der Waals surface area contributed by atoms with Crippen molar-refractivity contribution >= 4 is 11.7 Å². The molecule has 0 aliphatic carbocycles. The van der Waals surface area contributed by atoms with E-state index in [1.807, 2.05) is 29.7 Å². The molecular formula is C26H24F2N4O3. The van der Waals surface area contributed by atoms with E-state index in [9.17, 15) is 4.79 Å². The zero-order chi connectivity index (χ0) is 24.5. The lowest BCUT2D eigenvalue weighted by Crippen LogP contribution is -2.46. The molecule has 0 unspecified atom stereocenters. The Balaban J connectivity index is 1.58. The highest BCUT2D eigenvalue weighted by molar-refractivity contribution is 5.72. The summed E-state index contributed by atoms with van der Waals surface area (Å²) in [6.45, 7) is 2.98. The molecule has 1 aliphatic rings. The molecule has 1 amide bonds. The van der Waals surface area contributed by atoms with Crippen molar-refractivity contribution in [1.29, 1.82) is 0 Å². The predicted molar refractivity (Wildman–Crippen MR) is 126 cm³/mol. The number of aromatic nitrogens is 3. The van der Waals surface area contributed by atoms with Crippen LogP contribution in [0.5, 0.6) is 0 Å². The van der Waals surface area contributed by atoms with Crippen molar-refractivity contribution in [1.82, 2.24) is 19.3 Å². The van der Waals surface area contributed by atoms with Crippen LogP contribution in [0.3, 0.4) is 0 Å². The summed E-state index contributed by atoms with van der Waals surface area (Å²) < 4.78 is 43.4. The van der Waals surface area contributed by atoms with E-state index in [4.69, 9.17) is 9.47 Å². The highest BCUT2D eigenvalue weighted by atomic mass is 19.1. The van der Waals surface area contributed by atoms with Gasteiger partial charge in [0.15, 0.2) is 0 Å². The van der Waals surface area contributed by atoms with E-state index in [1.165, 1.54) is 19.2 Å². The third-order valence-corrected chi connectivity index (χ3v) is 6.11. The Labute approximate surface area is 200 Å². The molecule has 1 aromatic carbocycles. The maximum absolute atomic E-state index is 15.4. The Hall–Kier alpha value is -3.85. The molecule has 7 nitrogen and oxygen atoms in total. The minimum Gasteiger partial charge on any atom is -0.453 e. The van der Waals surface area contributed by atoms with Gasteiger partial charge in [-0.15, -0.1) is 0 Å². The summed E-state index contributed by atoms with van der Waals surface area (Å²) in [5.41, 5.74) is 2.95. The van der Waals surface area contributed by atoms with Crippen LogP contribution in [0.1, 0.15) is 11.3 Å². The van der Waals surface area contributed by atoms with Crippen LogP contribution in [0.15, 0.2) is 54.9 Å². The number of rotatable bonds is 4. The summed E-state index contributed by atoms with van der Waals surface area (Å²) in [4.78, 5) is 22.4. The summed E-state index contributed by atoms with van der Waals surface area (Å²) in [7, 11) is 1.33. The topological polar surface area (TPSA) is 69.0 Å². The van der Waals surface area contributed by atoms with Crippen molar-refractivity contribution in [3.63, 3.8) is 0 Å². The number of aryl methyl sites for hydroxylation is 1. The zero-order valence-corrected chi connectivity index (χ0v) is 19.4. The van der Waals surface area contributed by atoms with Crippen LogP contribution in [0.25, 0.3) is 28.2 Å². The number of morpholine rings is 1. The van der Waals surface area contributed by atoms with E-state index in [1.54, 1.807) is 29.3 Å². The summed E-state index contributed by atoms with van der Waals surface area (Å²) in [5, 5.41) is 0. The number of imidazole rings is 1. The van der Waals surface area contributed by atoms with Crippen molar-refractivity contribution in [2.24, 2.45) is 0 Å². The summed E-state index contributed by atoms with van der Waals surface area (Å²) in [6.07, 6.45) is 2.88. The van der Waals surface area contributed by atoms with Crippen molar-refractivity contribution in [3.8, 4) is 22.5 Å². The van der Waals surface area contributed by atoms with Gasteiger partial charge in [-0.25, -0.2) is 18.6 Å². The normalized spacial score (nSPS) is 16.0. The van der Waals surface area contributed by atoms with Crippen LogP contribution >= 0.6 is 0 Å². The van der Waals surface area contributed by atoms with Gasteiger partial charge in [-0.1, -0.05) is 6.07 Å². The molecule has 1 saturated heterocycles. The van der Waals surface area contributed by atoms with Crippen molar-refractivity contribution in [2.75, 3.05) is 26.8 Å². The number of fused-ring (bicyclic) bond motifs is 1. The molecule has 0 radical (unpaired) electrons. The molecule has 0 saturated carbocycles. The average molecular weight is 478 g/mol. The van der Waals surface area contributed by atoms with Gasteiger partial charge in [0.25, 0.3) is 0 Å². The second-order valence-corrected chi connectivity index (χ2v) is 8.48. The molecule has 180 valence electrons. The lowest BCUT2D eigenvalue weighted by Gasteiger charge is -2.32. The van der Waals surface area contributed by atoms with Crippen molar-refractivity contribution in [2.45, 2.75) is 19.4 Å². The fourth-order valence-corrected chi connectivity index (χ4v) is 4.43.